The number of rotatable bonds is 1. The summed E-state index contributed by atoms with van der Waals surface area (Å²) in [5.74, 6) is 1.43. The Hall–Kier alpha value is -0.820. The minimum Gasteiger partial charge on any atom is -0.312 e. The van der Waals surface area contributed by atoms with Gasteiger partial charge in [0.05, 0.1) is 0 Å². The molecule has 1 aromatic carbocycles. The lowest BCUT2D eigenvalue weighted by atomic mass is 9.83. The molecule has 0 aliphatic carbocycles. The molecule has 0 aromatic heterocycles. The molecule has 1 aliphatic heterocycles. The van der Waals surface area contributed by atoms with Crippen LogP contribution in [0.25, 0.3) is 0 Å². The summed E-state index contributed by atoms with van der Waals surface area (Å²) in [6, 6.07) is 8.79. The fourth-order valence-electron chi connectivity index (χ4n) is 2.12. The van der Waals surface area contributed by atoms with Crippen molar-refractivity contribution in [1.29, 1.82) is 0 Å². The van der Waals surface area contributed by atoms with Crippen LogP contribution in [0.1, 0.15) is 30.9 Å². The normalized spacial score (nSPS) is 21.6. The maximum absolute atomic E-state index is 3.47. The summed E-state index contributed by atoms with van der Waals surface area (Å²) in [7, 11) is 0. The van der Waals surface area contributed by atoms with E-state index in [2.05, 4.69) is 43.4 Å². The van der Waals surface area contributed by atoms with Gasteiger partial charge in [-0.3, -0.25) is 0 Å². The van der Waals surface area contributed by atoms with Crippen LogP contribution in [0.4, 0.5) is 0 Å². The van der Waals surface area contributed by atoms with Crippen LogP contribution in [0.15, 0.2) is 24.3 Å². The van der Waals surface area contributed by atoms with Crippen LogP contribution in [0.5, 0.6) is 0 Å². The van der Waals surface area contributed by atoms with Crippen molar-refractivity contribution in [3.05, 3.63) is 35.4 Å². The third kappa shape index (κ3) is 1.61. The van der Waals surface area contributed by atoms with Crippen molar-refractivity contribution in [2.24, 2.45) is 5.92 Å². The number of hydrogen-bond acceptors (Lipinski definition) is 1. The van der Waals surface area contributed by atoms with Crippen molar-refractivity contribution in [2.75, 3.05) is 6.54 Å². The zero-order chi connectivity index (χ0) is 9.26. The van der Waals surface area contributed by atoms with E-state index in [0.717, 1.165) is 19.0 Å². The maximum Gasteiger partial charge on any atom is 0.0208 e. The van der Waals surface area contributed by atoms with E-state index in [1.165, 1.54) is 5.56 Å². The van der Waals surface area contributed by atoms with Gasteiger partial charge in [-0.1, -0.05) is 38.1 Å². The summed E-state index contributed by atoms with van der Waals surface area (Å²) >= 11 is 0. The highest BCUT2D eigenvalue weighted by molar-refractivity contribution is 5.32. The summed E-state index contributed by atoms with van der Waals surface area (Å²) in [5, 5.41) is 3.47. The predicted molar refractivity (Wildman–Crippen MR) is 55.7 cm³/mol. The Morgan fingerprint density at radius 3 is 2.85 bits per heavy atom. The minimum absolute atomic E-state index is 0.699. The number of nitrogens with one attached hydrogen (secondary N) is 1. The van der Waals surface area contributed by atoms with Gasteiger partial charge < -0.3 is 5.32 Å². The lowest BCUT2D eigenvalue weighted by Gasteiger charge is -2.29. The molecule has 2 rings (SSSR count). The van der Waals surface area contributed by atoms with Crippen molar-refractivity contribution in [3.8, 4) is 0 Å². The van der Waals surface area contributed by atoms with E-state index in [1.54, 1.807) is 5.56 Å². The van der Waals surface area contributed by atoms with Gasteiger partial charge in [0.25, 0.3) is 0 Å². The summed E-state index contributed by atoms with van der Waals surface area (Å²) < 4.78 is 0. The molecule has 1 aliphatic rings. The van der Waals surface area contributed by atoms with Gasteiger partial charge in [-0.15, -0.1) is 0 Å². The molecule has 1 unspecified atom stereocenters. The fourth-order valence-corrected chi connectivity index (χ4v) is 2.12. The molecular weight excluding hydrogens is 158 g/mol. The molecule has 70 valence electrons. The lowest BCUT2D eigenvalue weighted by molar-refractivity contribution is 0.436. The van der Waals surface area contributed by atoms with Gasteiger partial charge in [0.2, 0.25) is 0 Å². The van der Waals surface area contributed by atoms with E-state index in [4.69, 9.17) is 0 Å². The first kappa shape index (κ1) is 8.76. The smallest absolute Gasteiger partial charge is 0.0208 e. The van der Waals surface area contributed by atoms with E-state index in [9.17, 15) is 0 Å². The minimum atomic E-state index is 0.699. The first-order valence-corrected chi connectivity index (χ1v) is 5.07. The molecule has 0 radical (unpaired) electrons. The highest BCUT2D eigenvalue weighted by atomic mass is 14.9. The average molecular weight is 175 g/mol. The number of benzene rings is 1. The monoisotopic (exact) mass is 175 g/mol. The van der Waals surface area contributed by atoms with Crippen molar-refractivity contribution < 1.29 is 0 Å². The molecule has 0 fully saturated rings. The molecule has 0 saturated heterocycles. The number of hydrogen-bond donors (Lipinski definition) is 1. The molecule has 1 heteroatoms. The Kier molecular flexibility index (Phi) is 2.36. The lowest BCUT2D eigenvalue weighted by Crippen LogP contribution is -2.30. The summed E-state index contributed by atoms with van der Waals surface area (Å²) in [5.41, 5.74) is 3.03. The van der Waals surface area contributed by atoms with Gasteiger partial charge in [0.1, 0.15) is 0 Å². The van der Waals surface area contributed by atoms with Crippen LogP contribution >= 0.6 is 0 Å². The summed E-state index contributed by atoms with van der Waals surface area (Å²) in [6.45, 7) is 6.77. The largest absolute Gasteiger partial charge is 0.312 e. The second-order valence-corrected chi connectivity index (χ2v) is 4.18. The Morgan fingerprint density at radius 2 is 2.08 bits per heavy atom. The maximum atomic E-state index is 3.47. The number of fused-ring (bicyclic) bond motifs is 1. The van der Waals surface area contributed by atoms with E-state index >= 15 is 0 Å². The first-order chi connectivity index (χ1) is 6.29. The van der Waals surface area contributed by atoms with Gasteiger partial charge in [-0.2, -0.15) is 0 Å². The molecule has 1 atom stereocenters. The summed E-state index contributed by atoms with van der Waals surface area (Å²) in [6.07, 6.45) is 0. The van der Waals surface area contributed by atoms with E-state index in [0.29, 0.717) is 5.92 Å². The van der Waals surface area contributed by atoms with E-state index in [-0.39, 0.29) is 0 Å². The molecular formula is C12H17N. The molecule has 1 heterocycles. The van der Waals surface area contributed by atoms with Gasteiger partial charge in [0.15, 0.2) is 0 Å². The second-order valence-electron chi connectivity index (χ2n) is 4.18. The zero-order valence-corrected chi connectivity index (χ0v) is 8.38. The standard InChI is InChI=1S/C12H17N/c1-9(2)12-8-13-7-10-5-3-4-6-11(10)12/h3-6,9,12-13H,7-8H2,1-2H3. The topological polar surface area (TPSA) is 12.0 Å². The molecule has 0 saturated carbocycles. The van der Waals surface area contributed by atoms with Crippen LogP contribution < -0.4 is 5.32 Å². The summed E-state index contributed by atoms with van der Waals surface area (Å²) in [4.78, 5) is 0. The molecule has 13 heavy (non-hydrogen) atoms. The van der Waals surface area contributed by atoms with Crippen LogP contribution in [-0.2, 0) is 6.54 Å². The van der Waals surface area contributed by atoms with Gasteiger partial charge in [-0.25, -0.2) is 0 Å². The Labute approximate surface area is 80.2 Å². The van der Waals surface area contributed by atoms with Crippen LogP contribution in [0.2, 0.25) is 0 Å². The van der Waals surface area contributed by atoms with Crippen LogP contribution in [-0.4, -0.2) is 6.54 Å². The SMILES string of the molecule is CC(C)C1CNCc2ccccc21. The molecule has 1 aromatic rings. The molecule has 1 N–H and O–H groups in total. The first-order valence-electron chi connectivity index (χ1n) is 5.07. The quantitative estimate of drug-likeness (QED) is 0.691. The highest BCUT2D eigenvalue weighted by Gasteiger charge is 2.21. The van der Waals surface area contributed by atoms with Crippen molar-refractivity contribution in [3.63, 3.8) is 0 Å². The third-order valence-corrected chi connectivity index (χ3v) is 2.94. The molecule has 0 spiro atoms. The van der Waals surface area contributed by atoms with Gasteiger partial charge >= 0.3 is 0 Å². The van der Waals surface area contributed by atoms with Crippen molar-refractivity contribution in [2.45, 2.75) is 26.3 Å². The van der Waals surface area contributed by atoms with Gasteiger partial charge in [0, 0.05) is 13.1 Å². The Balaban J connectivity index is 2.37. The molecule has 0 bridgehead atoms. The van der Waals surface area contributed by atoms with Crippen LogP contribution in [0.3, 0.4) is 0 Å². The zero-order valence-electron chi connectivity index (χ0n) is 8.38. The van der Waals surface area contributed by atoms with Crippen molar-refractivity contribution >= 4 is 0 Å². The van der Waals surface area contributed by atoms with E-state index < -0.39 is 0 Å². The molecule has 0 amide bonds. The van der Waals surface area contributed by atoms with E-state index in [1.807, 2.05) is 0 Å². The molecule has 1 nitrogen and oxygen atoms in total. The Morgan fingerprint density at radius 1 is 1.31 bits per heavy atom. The van der Waals surface area contributed by atoms with Gasteiger partial charge in [-0.05, 0) is 23.0 Å². The average Bonchev–Trinajstić information content (AvgIpc) is 2.17. The Bertz CT molecular complexity index is 291. The fraction of sp³-hybridized carbons (Fsp3) is 0.500. The van der Waals surface area contributed by atoms with Crippen LogP contribution in [0, 0.1) is 5.92 Å². The highest BCUT2D eigenvalue weighted by Crippen LogP contribution is 2.29. The second kappa shape index (κ2) is 3.51. The third-order valence-electron chi connectivity index (χ3n) is 2.94. The van der Waals surface area contributed by atoms with Crippen molar-refractivity contribution in [1.82, 2.24) is 5.32 Å². The predicted octanol–water partition coefficient (Wildman–Crippen LogP) is 2.53.